The summed E-state index contributed by atoms with van der Waals surface area (Å²) in [4.78, 5) is 0. The van der Waals surface area contributed by atoms with E-state index >= 15 is 0 Å². The molecule has 1 saturated carbocycles. The van der Waals surface area contributed by atoms with E-state index in [1.165, 1.54) is 25.3 Å². The van der Waals surface area contributed by atoms with Crippen molar-refractivity contribution in [1.29, 1.82) is 0 Å². The van der Waals surface area contributed by atoms with Gasteiger partial charge in [0.15, 0.2) is 0 Å². The highest BCUT2D eigenvalue weighted by atomic mass is 79.9. The van der Waals surface area contributed by atoms with Gasteiger partial charge in [0.25, 0.3) is 0 Å². The minimum absolute atomic E-state index is 0.0124. The van der Waals surface area contributed by atoms with Gasteiger partial charge in [0.1, 0.15) is 5.82 Å². The van der Waals surface area contributed by atoms with E-state index in [4.69, 9.17) is 11.6 Å². The van der Waals surface area contributed by atoms with E-state index in [2.05, 4.69) is 28.2 Å². The summed E-state index contributed by atoms with van der Waals surface area (Å²) in [5, 5.41) is 3.87. The van der Waals surface area contributed by atoms with E-state index in [1.807, 2.05) is 7.05 Å². The van der Waals surface area contributed by atoms with Gasteiger partial charge in [-0.2, -0.15) is 0 Å². The number of nitrogens with one attached hydrogen (secondary N) is 1. The topological polar surface area (TPSA) is 12.0 Å². The average molecular weight is 349 g/mol. The Morgan fingerprint density at radius 3 is 2.53 bits per heavy atom. The molecule has 106 valence electrons. The van der Waals surface area contributed by atoms with Crippen molar-refractivity contribution in [2.24, 2.45) is 5.41 Å². The van der Waals surface area contributed by atoms with Gasteiger partial charge >= 0.3 is 0 Å². The van der Waals surface area contributed by atoms with Crippen LogP contribution in [0.1, 0.15) is 50.6 Å². The van der Waals surface area contributed by atoms with Gasteiger partial charge in [-0.1, -0.05) is 37.8 Å². The summed E-state index contributed by atoms with van der Waals surface area (Å²) in [6.45, 7) is 2.25. The Hall–Kier alpha value is -0.120. The molecule has 0 radical (unpaired) electrons. The molecule has 1 N–H and O–H groups in total. The Bertz CT molecular complexity index is 458. The van der Waals surface area contributed by atoms with Gasteiger partial charge in [0.05, 0.1) is 5.02 Å². The van der Waals surface area contributed by atoms with Crippen LogP contribution in [0.25, 0.3) is 0 Å². The highest BCUT2D eigenvalue weighted by molar-refractivity contribution is 9.10. The van der Waals surface area contributed by atoms with Crippen molar-refractivity contribution in [1.82, 2.24) is 5.32 Å². The number of rotatable bonds is 3. The molecule has 0 heterocycles. The van der Waals surface area contributed by atoms with Crippen molar-refractivity contribution < 1.29 is 4.39 Å². The van der Waals surface area contributed by atoms with E-state index < -0.39 is 0 Å². The molecule has 0 spiro atoms. The summed E-state index contributed by atoms with van der Waals surface area (Å²) in [7, 11) is 1.90. The lowest BCUT2D eigenvalue weighted by atomic mass is 9.68. The third-order valence-electron chi connectivity index (χ3n) is 4.33. The number of benzene rings is 1. The third kappa shape index (κ3) is 3.14. The first-order valence-corrected chi connectivity index (χ1v) is 7.97. The second-order valence-corrected chi connectivity index (χ2v) is 6.99. The van der Waals surface area contributed by atoms with Crippen molar-refractivity contribution in [3.8, 4) is 0 Å². The first kappa shape index (κ1) is 15.3. The summed E-state index contributed by atoms with van der Waals surface area (Å²) in [5.74, 6) is -0.192. The van der Waals surface area contributed by atoms with Gasteiger partial charge in [0.2, 0.25) is 0 Å². The van der Waals surface area contributed by atoms with E-state index in [0.29, 0.717) is 15.1 Å². The molecule has 1 aliphatic rings. The van der Waals surface area contributed by atoms with E-state index in [1.54, 1.807) is 6.07 Å². The zero-order valence-electron chi connectivity index (χ0n) is 11.4. The maximum atomic E-state index is 14.3. The Labute approximate surface area is 128 Å². The normalized spacial score (nSPS) is 20.3. The molecule has 1 aromatic carbocycles. The average Bonchev–Trinajstić information content (AvgIpc) is 2.37. The van der Waals surface area contributed by atoms with Crippen molar-refractivity contribution in [2.45, 2.75) is 45.1 Å². The molecule has 1 aliphatic carbocycles. The van der Waals surface area contributed by atoms with E-state index in [0.717, 1.165) is 12.8 Å². The van der Waals surface area contributed by atoms with Crippen molar-refractivity contribution in [3.05, 3.63) is 33.0 Å². The Kier molecular flexibility index (Phi) is 4.91. The lowest BCUT2D eigenvalue weighted by Crippen LogP contribution is -2.36. The smallest absolute Gasteiger partial charge is 0.129 e. The van der Waals surface area contributed by atoms with Crippen LogP contribution in [-0.4, -0.2) is 7.05 Å². The predicted octanol–water partition coefficient (Wildman–Crippen LogP) is 5.47. The lowest BCUT2D eigenvalue weighted by molar-refractivity contribution is 0.148. The predicted molar refractivity (Wildman–Crippen MR) is 82.1 cm³/mol. The van der Waals surface area contributed by atoms with Crippen LogP contribution in [-0.2, 0) is 0 Å². The van der Waals surface area contributed by atoms with Crippen LogP contribution < -0.4 is 5.32 Å². The largest absolute Gasteiger partial charge is 0.312 e. The molecule has 0 amide bonds. The van der Waals surface area contributed by atoms with Crippen LogP contribution in [0, 0.1) is 11.2 Å². The van der Waals surface area contributed by atoms with Crippen LogP contribution in [0.5, 0.6) is 0 Å². The minimum Gasteiger partial charge on any atom is -0.312 e. The SMILES string of the molecule is CNC(c1cc(Cl)c(Br)cc1F)C1(C)CCCCC1. The molecule has 2 rings (SSSR count). The molecule has 1 atom stereocenters. The Morgan fingerprint density at radius 2 is 1.95 bits per heavy atom. The fourth-order valence-corrected chi connectivity index (χ4v) is 3.77. The first-order valence-electron chi connectivity index (χ1n) is 6.79. The lowest BCUT2D eigenvalue weighted by Gasteiger charge is -2.41. The Morgan fingerprint density at radius 1 is 1.32 bits per heavy atom. The molecule has 1 fully saturated rings. The van der Waals surface area contributed by atoms with Crippen LogP contribution in [0.3, 0.4) is 0 Å². The first-order chi connectivity index (χ1) is 8.98. The van der Waals surface area contributed by atoms with Crippen LogP contribution >= 0.6 is 27.5 Å². The number of hydrogen-bond donors (Lipinski definition) is 1. The maximum Gasteiger partial charge on any atom is 0.129 e. The fourth-order valence-electron chi connectivity index (χ4n) is 3.29. The van der Waals surface area contributed by atoms with Crippen LogP contribution in [0.2, 0.25) is 5.02 Å². The summed E-state index contributed by atoms with van der Waals surface area (Å²) in [6.07, 6.45) is 5.99. The van der Waals surface area contributed by atoms with Gasteiger partial charge in [0, 0.05) is 16.1 Å². The molecule has 0 aromatic heterocycles. The molecular weight excluding hydrogens is 329 g/mol. The molecule has 0 bridgehead atoms. The van der Waals surface area contributed by atoms with Crippen molar-refractivity contribution in [3.63, 3.8) is 0 Å². The van der Waals surface area contributed by atoms with E-state index in [9.17, 15) is 4.39 Å². The van der Waals surface area contributed by atoms with Gasteiger partial charge < -0.3 is 5.32 Å². The molecule has 19 heavy (non-hydrogen) atoms. The number of halogens is 3. The maximum absolute atomic E-state index is 14.3. The van der Waals surface area contributed by atoms with Crippen LogP contribution in [0.4, 0.5) is 4.39 Å². The molecule has 0 saturated heterocycles. The second-order valence-electron chi connectivity index (χ2n) is 5.72. The highest BCUT2D eigenvalue weighted by Crippen LogP contribution is 2.46. The summed E-state index contributed by atoms with van der Waals surface area (Å²) in [6, 6.07) is 3.23. The standard InChI is InChI=1S/C15H20BrClFN/c1-15(6-4-3-5-7-15)14(19-2)10-8-12(17)11(16)9-13(10)18/h8-9,14,19H,3-7H2,1-2H3. The summed E-state index contributed by atoms with van der Waals surface area (Å²) < 4.78 is 14.9. The summed E-state index contributed by atoms with van der Waals surface area (Å²) in [5.41, 5.74) is 0.783. The monoisotopic (exact) mass is 347 g/mol. The Balaban J connectivity index is 2.39. The molecule has 1 unspecified atom stereocenters. The molecule has 1 aromatic rings. The fraction of sp³-hybridized carbons (Fsp3) is 0.600. The molecule has 4 heteroatoms. The summed E-state index contributed by atoms with van der Waals surface area (Å²) >= 11 is 9.40. The second kappa shape index (κ2) is 6.11. The van der Waals surface area contributed by atoms with Crippen LogP contribution in [0.15, 0.2) is 16.6 Å². The molecule has 1 nitrogen and oxygen atoms in total. The molecule has 0 aliphatic heterocycles. The quantitative estimate of drug-likeness (QED) is 0.714. The molecular formula is C15H20BrClFN. The highest BCUT2D eigenvalue weighted by Gasteiger charge is 2.37. The van der Waals surface area contributed by atoms with E-state index in [-0.39, 0.29) is 17.3 Å². The minimum atomic E-state index is -0.192. The zero-order valence-corrected chi connectivity index (χ0v) is 13.7. The number of hydrogen-bond acceptors (Lipinski definition) is 1. The third-order valence-corrected chi connectivity index (χ3v) is 5.53. The van der Waals surface area contributed by atoms with Crippen molar-refractivity contribution in [2.75, 3.05) is 7.05 Å². The van der Waals surface area contributed by atoms with Gasteiger partial charge in [-0.3, -0.25) is 0 Å². The van der Waals surface area contributed by atoms with Gasteiger partial charge in [-0.25, -0.2) is 4.39 Å². The van der Waals surface area contributed by atoms with Gasteiger partial charge in [-0.15, -0.1) is 0 Å². The zero-order chi connectivity index (χ0) is 14.0. The van der Waals surface area contributed by atoms with Gasteiger partial charge in [-0.05, 0) is 53.4 Å². The van der Waals surface area contributed by atoms with Crippen molar-refractivity contribution >= 4 is 27.5 Å².